The van der Waals surface area contributed by atoms with Crippen LogP contribution in [0.2, 0.25) is 0 Å². The summed E-state index contributed by atoms with van der Waals surface area (Å²) in [7, 11) is 1.91. The van der Waals surface area contributed by atoms with Crippen LogP contribution in [0.1, 0.15) is 23.7 Å². The van der Waals surface area contributed by atoms with Gasteiger partial charge in [0.1, 0.15) is 5.56 Å². The van der Waals surface area contributed by atoms with Crippen molar-refractivity contribution < 1.29 is 9.90 Å². The number of hydrogen-bond donors (Lipinski definition) is 1. The molecule has 1 aromatic carbocycles. The molecule has 94 valence electrons. The second kappa shape index (κ2) is 5.04. The molecule has 0 aliphatic rings. The lowest BCUT2D eigenvalue weighted by molar-refractivity contribution is 0.0697. The molecular weight excluding hydrogens is 228 g/mol. The third-order valence-electron chi connectivity index (χ3n) is 2.92. The number of carboxylic acids is 1. The number of rotatable bonds is 4. The van der Waals surface area contributed by atoms with Crippen molar-refractivity contribution in [3.05, 3.63) is 36.0 Å². The van der Waals surface area contributed by atoms with Gasteiger partial charge < -0.3 is 10.0 Å². The van der Waals surface area contributed by atoms with E-state index >= 15 is 0 Å². The fourth-order valence-corrected chi connectivity index (χ4v) is 2.14. The monoisotopic (exact) mass is 244 g/mol. The molecule has 0 fully saturated rings. The first-order valence-electron chi connectivity index (χ1n) is 5.97. The van der Waals surface area contributed by atoms with Gasteiger partial charge in [0, 0.05) is 25.2 Å². The molecule has 0 saturated carbocycles. The quantitative estimate of drug-likeness (QED) is 0.898. The number of nitrogens with zero attached hydrogens (tertiary/aromatic N) is 2. The summed E-state index contributed by atoms with van der Waals surface area (Å²) in [6.07, 6.45) is 2.40. The lowest BCUT2D eigenvalue weighted by Crippen LogP contribution is -2.21. The number of benzene rings is 1. The van der Waals surface area contributed by atoms with Gasteiger partial charge >= 0.3 is 5.97 Å². The molecule has 4 heteroatoms. The molecule has 0 amide bonds. The Morgan fingerprint density at radius 3 is 2.78 bits per heavy atom. The number of fused-ring (bicyclic) bond motifs is 1. The maximum absolute atomic E-state index is 11.3. The van der Waals surface area contributed by atoms with Crippen molar-refractivity contribution in [2.45, 2.75) is 13.3 Å². The van der Waals surface area contributed by atoms with Gasteiger partial charge in [-0.25, -0.2) is 4.79 Å². The molecule has 0 saturated heterocycles. The summed E-state index contributed by atoms with van der Waals surface area (Å²) < 4.78 is 0. The average Bonchev–Trinajstić information content (AvgIpc) is 2.37. The van der Waals surface area contributed by atoms with E-state index in [0.717, 1.165) is 29.6 Å². The summed E-state index contributed by atoms with van der Waals surface area (Å²) >= 11 is 0. The third kappa shape index (κ3) is 2.14. The zero-order valence-corrected chi connectivity index (χ0v) is 10.6. The van der Waals surface area contributed by atoms with Gasteiger partial charge in [0.05, 0.1) is 11.2 Å². The fraction of sp³-hybridized carbons (Fsp3) is 0.286. The van der Waals surface area contributed by atoms with Gasteiger partial charge in [-0.2, -0.15) is 0 Å². The Morgan fingerprint density at radius 2 is 2.11 bits per heavy atom. The highest BCUT2D eigenvalue weighted by Crippen LogP contribution is 2.28. The standard InChI is InChI=1S/C14H16N2O2/c1-3-8-16(2)13-10-6-4-5-7-12(10)15-9-11(13)14(17)18/h4-7,9H,3,8H2,1-2H3,(H,17,18). The minimum atomic E-state index is -0.939. The van der Waals surface area contributed by atoms with Crippen LogP contribution in [0.3, 0.4) is 0 Å². The van der Waals surface area contributed by atoms with Crippen LogP contribution in [0.4, 0.5) is 5.69 Å². The minimum Gasteiger partial charge on any atom is -0.478 e. The zero-order valence-electron chi connectivity index (χ0n) is 10.6. The van der Waals surface area contributed by atoms with Gasteiger partial charge in [0.2, 0.25) is 0 Å². The Bertz CT molecular complexity index is 581. The first-order valence-corrected chi connectivity index (χ1v) is 5.97. The SMILES string of the molecule is CCCN(C)c1c(C(=O)O)cnc2ccccc12. The Morgan fingerprint density at radius 1 is 1.39 bits per heavy atom. The van der Waals surface area contributed by atoms with Crippen molar-refractivity contribution in [1.82, 2.24) is 4.98 Å². The van der Waals surface area contributed by atoms with Crippen LogP contribution in [-0.2, 0) is 0 Å². The average molecular weight is 244 g/mol. The van der Waals surface area contributed by atoms with Crippen LogP contribution >= 0.6 is 0 Å². The highest BCUT2D eigenvalue weighted by Gasteiger charge is 2.17. The molecule has 1 N–H and O–H groups in total. The van der Waals surface area contributed by atoms with Gasteiger partial charge in [-0.3, -0.25) is 4.98 Å². The molecule has 1 aromatic heterocycles. The number of carboxylic acid groups (broad SMARTS) is 1. The van der Waals surface area contributed by atoms with E-state index in [-0.39, 0.29) is 5.56 Å². The molecule has 0 atom stereocenters. The van der Waals surface area contributed by atoms with Gasteiger partial charge in [0.25, 0.3) is 0 Å². The highest BCUT2D eigenvalue weighted by molar-refractivity contribution is 6.04. The third-order valence-corrected chi connectivity index (χ3v) is 2.92. The van der Waals surface area contributed by atoms with Crippen molar-refractivity contribution in [2.75, 3.05) is 18.5 Å². The summed E-state index contributed by atoms with van der Waals surface area (Å²) in [6, 6.07) is 7.61. The van der Waals surface area contributed by atoms with Crippen LogP contribution in [0.5, 0.6) is 0 Å². The maximum Gasteiger partial charge on any atom is 0.339 e. The Labute approximate surface area is 106 Å². The largest absolute Gasteiger partial charge is 0.478 e. The Kier molecular flexibility index (Phi) is 3.46. The van der Waals surface area contributed by atoms with Gasteiger partial charge in [-0.05, 0) is 12.5 Å². The van der Waals surface area contributed by atoms with Crippen molar-refractivity contribution in [3.63, 3.8) is 0 Å². The first kappa shape index (κ1) is 12.4. The topological polar surface area (TPSA) is 53.4 Å². The van der Waals surface area contributed by atoms with E-state index in [1.54, 1.807) is 0 Å². The second-order valence-corrected chi connectivity index (χ2v) is 4.26. The fourth-order valence-electron chi connectivity index (χ4n) is 2.14. The van der Waals surface area contributed by atoms with Gasteiger partial charge in [0.15, 0.2) is 0 Å². The Hall–Kier alpha value is -2.10. The summed E-state index contributed by atoms with van der Waals surface area (Å²) in [5.41, 5.74) is 1.82. The molecule has 0 bridgehead atoms. The molecule has 18 heavy (non-hydrogen) atoms. The van der Waals surface area contributed by atoms with Gasteiger partial charge in [-0.15, -0.1) is 0 Å². The molecule has 2 aromatic rings. The lowest BCUT2D eigenvalue weighted by atomic mass is 10.1. The smallest absolute Gasteiger partial charge is 0.339 e. The minimum absolute atomic E-state index is 0.254. The maximum atomic E-state index is 11.3. The summed E-state index contributed by atoms with van der Waals surface area (Å²) in [5.74, 6) is -0.939. The summed E-state index contributed by atoms with van der Waals surface area (Å²) in [6.45, 7) is 2.88. The van der Waals surface area contributed by atoms with E-state index in [9.17, 15) is 9.90 Å². The normalized spacial score (nSPS) is 10.6. The van der Waals surface area contributed by atoms with E-state index in [4.69, 9.17) is 0 Å². The van der Waals surface area contributed by atoms with Crippen LogP contribution in [0.25, 0.3) is 10.9 Å². The molecule has 0 aliphatic carbocycles. The van der Waals surface area contributed by atoms with Crippen molar-refractivity contribution >= 4 is 22.6 Å². The number of carbonyl (C=O) groups is 1. The number of aromatic carboxylic acids is 1. The van der Waals surface area contributed by atoms with Crippen molar-refractivity contribution in [2.24, 2.45) is 0 Å². The highest BCUT2D eigenvalue weighted by atomic mass is 16.4. The van der Waals surface area contributed by atoms with Crippen molar-refractivity contribution in [3.8, 4) is 0 Å². The van der Waals surface area contributed by atoms with Crippen molar-refractivity contribution in [1.29, 1.82) is 0 Å². The molecule has 0 radical (unpaired) electrons. The second-order valence-electron chi connectivity index (χ2n) is 4.26. The predicted octanol–water partition coefficient (Wildman–Crippen LogP) is 2.78. The number of para-hydroxylation sites is 1. The first-order chi connectivity index (χ1) is 8.65. The zero-order chi connectivity index (χ0) is 13.1. The van der Waals surface area contributed by atoms with Crippen LogP contribution in [0, 0.1) is 0 Å². The van der Waals surface area contributed by atoms with E-state index in [1.807, 2.05) is 36.2 Å². The van der Waals surface area contributed by atoms with Crippen LogP contribution < -0.4 is 4.90 Å². The Balaban J connectivity index is 2.70. The molecule has 0 aliphatic heterocycles. The molecule has 4 nitrogen and oxygen atoms in total. The number of pyridine rings is 1. The number of hydrogen-bond acceptors (Lipinski definition) is 3. The lowest BCUT2D eigenvalue weighted by Gasteiger charge is -2.22. The molecule has 2 rings (SSSR count). The van der Waals surface area contributed by atoms with E-state index in [1.165, 1.54) is 6.20 Å². The van der Waals surface area contributed by atoms with Crippen LogP contribution in [-0.4, -0.2) is 29.7 Å². The molecule has 0 spiro atoms. The van der Waals surface area contributed by atoms with E-state index in [2.05, 4.69) is 11.9 Å². The van der Waals surface area contributed by atoms with E-state index in [0.29, 0.717) is 0 Å². The van der Waals surface area contributed by atoms with E-state index < -0.39 is 5.97 Å². The van der Waals surface area contributed by atoms with Crippen LogP contribution in [0.15, 0.2) is 30.5 Å². The summed E-state index contributed by atoms with van der Waals surface area (Å²) in [4.78, 5) is 17.5. The number of aromatic nitrogens is 1. The predicted molar refractivity (Wildman–Crippen MR) is 72.3 cm³/mol. The molecule has 1 heterocycles. The molecule has 0 unspecified atom stereocenters. The number of anilines is 1. The summed E-state index contributed by atoms with van der Waals surface area (Å²) in [5, 5.41) is 10.2. The molecular formula is C14H16N2O2. The van der Waals surface area contributed by atoms with Gasteiger partial charge in [-0.1, -0.05) is 25.1 Å².